The molecule has 0 saturated carbocycles. The zero-order valence-corrected chi connectivity index (χ0v) is 13.3. The number of carbonyl (C=O) groups excluding carboxylic acids is 1. The van der Waals surface area contributed by atoms with Crippen molar-refractivity contribution >= 4 is 23.4 Å². The zero-order chi connectivity index (χ0) is 15.3. The van der Waals surface area contributed by atoms with Gasteiger partial charge in [-0.3, -0.25) is 4.79 Å². The Morgan fingerprint density at radius 1 is 1.35 bits per heavy atom. The Balaban J connectivity index is 2.73. The average Bonchev–Trinajstić information content (AvgIpc) is 2.35. The Kier molecular flexibility index (Phi) is 6.05. The van der Waals surface area contributed by atoms with Gasteiger partial charge in [0.1, 0.15) is 0 Å². The molecule has 0 bridgehead atoms. The van der Waals surface area contributed by atoms with Crippen molar-refractivity contribution < 1.29 is 9.90 Å². The molecular weight excluding hydrogens is 272 g/mol. The first-order chi connectivity index (χ1) is 9.24. The maximum absolute atomic E-state index is 11.0. The number of nitrogens with one attached hydrogen (secondary N) is 1. The summed E-state index contributed by atoms with van der Waals surface area (Å²) in [6.07, 6.45) is 0. The monoisotopic (exact) mass is 296 g/mol. The van der Waals surface area contributed by atoms with Crippen LogP contribution >= 0.6 is 11.8 Å². The average molecular weight is 296 g/mol. The van der Waals surface area contributed by atoms with Crippen molar-refractivity contribution in [2.45, 2.75) is 43.9 Å². The van der Waals surface area contributed by atoms with Crippen LogP contribution < -0.4 is 11.1 Å². The second kappa shape index (κ2) is 7.11. The Bertz CT molecular complexity index is 440. The van der Waals surface area contributed by atoms with Gasteiger partial charge in [0.25, 0.3) is 0 Å². The van der Waals surface area contributed by atoms with Gasteiger partial charge in [0.15, 0.2) is 0 Å². The van der Waals surface area contributed by atoms with Crippen molar-refractivity contribution in [3.63, 3.8) is 0 Å². The molecule has 0 aliphatic heterocycles. The van der Waals surface area contributed by atoms with Crippen LogP contribution in [0, 0.1) is 5.41 Å². The smallest absolute Gasteiger partial charge is 0.221 e. The lowest BCUT2D eigenvalue weighted by atomic mass is 9.85. The Hall–Kier alpha value is -1.04. The van der Waals surface area contributed by atoms with Gasteiger partial charge in [0.05, 0.1) is 6.61 Å². The van der Waals surface area contributed by atoms with Gasteiger partial charge in [0.2, 0.25) is 5.91 Å². The van der Waals surface area contributed by atoms with Crippen molar-refractivity contribution in [1.29, 1.82) is 0 Å². The summed E-state index contributed by atoms with van der Waals surface area (Å²) in [6, 6.07) is 7.44. The van der Waals surface area contributed by atoms with Gasteiger partial charge in [0, 0.05) is 28.8 Å². The third-order valence-electron chi connectivity index (χ3n) is 3.04. The molecule has 0 aromatic heterocycles. The number of amides is 1. The van der Waals surface area contributed by atoms with Crippen LogP contribution in [0.15, 0.2) is 29.2 Å². The van der Waals surface area contributed by atoms with E-state index in [-0.39, 0.29) is 29.2 Å². The standard InChI is InChI=1S/C15H24N2O2S/c1-10(19)17-11-5-7-12(8-6-11)20-13(9-18)14(16)15(2,3)4/h5-8,13-14,18H,9,16H2,1-4H3,(H,17,19). The van der Waals surface area contributed by atoms with Crippen LogP contribution in [0.1, 0.15) is 27.7 Å². The van der Waals surface area contributed by atoms with Gasteiger partial charge in [-0.15, -0.1) is 11.8 Å². The molecule has 0 radical (unpaired) electrons. The number of benzene rings is 1. The SMILES string of the molecule is CC(=O)Nc1ccc(SC(CO)C(N)C(C)(C)C)cc1. The molecule has 0 aliphatic rings. The van der Waals surface area contributed by atoms with E-state index in [9.17, 15) is 9.90 Å². The molecule has 20 heavy (non-hydrogen) atoms. The van der Waals surface area contributed by atoms with Gasteiger partial charge < -0.3 is 16.2 Å². The molecule has 0 heterocycles. The summed E-state index contributed by atoms with van der Waals surface area (Å²) in [6.45, 7) is 7.73. The van der Waals surface area contributed by atoms with E-state index in [2.05, 4.69) is 26.1 Å². The fourth-order valence-corrected chi connectivity index (χ4v) is 3.05. The molecule has 0 aliphatic carbocycles. The van der Waals surface area contributed by atoms with Crippen LogP contribution in [0.5, 0.6) is 0 Å². The quantitative estimate of drug-likeness (QED) is 0.730. The maximum atomic E-state index is 11.0. The number of hydrogen-bond acceptors (Lipinski definition) is 4. The number of nitrogens with two attached hydrogens (primary N) is 1. The molecule has 1 aromatic carbocycles. The molecule has 0 saturated heterocycles. The number of aliphatic hydroxyl groups is 1. The highest BCUT2D eigenvalue weighted by Crippen LogP contribution is 2.32. The number of thioether (sulfide) groups is 1. The number of rotatable bonds is 5. The van der Waals surface area contributed by atoms with E-state index < -0.39 is 0 Å². The maximum Gasteiger partial charge on any atom is 0.221 e. The molecule has 1 aromatic rings. The molecule has 0 spiro atoms. The number of carbonyl (C=O) groups is 1. The number of aliphatic hydroxyl groups excluding tert-OH is 1. The lowest BCUT2D eigenvalue weighted by Crippen LogP contribution is -2.45. The van der Waals surface area contributed by atoms with E-state index in [4.69, 9.17) is 5.73 Å². The first kappa shape index (κ1) is 17.0. The van der Waals surface area contributed by atoms with Gasteiger partial charge in [-0.05, 0) is 29.7 Å². The molecule has 5 heteroatoms. The zero-order valence-electron chi connectivity index (χ0n) is 12.5. The first-order valence-electron chi connectivity index (χ1n) is 6.65. The minimum absolute atomic E-state index is 0.0382. The van der Waals surface area contributed by atoms with Crippen LogP contribution in [0.25, 0.3) is 0 Å². The molecule has 2 unspecified atom stereocenters. The van der Waals surface area contributed by atoms with E-state index >= 15 is 0 Å². The van der Waals surface area contributed by atoms with E-state index in [0.717, 1.165) is 10.6 Å². The third-order valence-corrected chi connectivity index (χ3v) is 4.33. The largest absolute Gasteiger partial charge is 0.395 e. The first-order valence-corrected chi connectivity index (χ1v) is 7.52. The fourth-order valence-electron chi connectivity index (χ4n) is 1.78. The van der Waals surface area contributed by atoms with Gasteiger partial charge in [-0.25, -0.2) is 0 Å². The van der Waals surface area contributed by atoms with Crippen molar-refractivity contribution in [1.82, 2.24) is 0 Å². The molecule has 4 N–H and O–H groups in total. The van der Waals surface area contributed by atoms with E-state index in [1.807, 2.05) is 24.3 Å². The van der Waals surface area contributed by atoms with Gasteiger partial charge >= 0.3 is 0 Å². The molecule has 1 amide bonds. The lowest BCUT2D eigenvalue weighted by Gasteiger charge is -2.32. The normalized spacial score (nSPS) is 14.7. The topological polar surface area (TPSA) is 75.3 Å². The predicted molar refractivity (Wildman–Crippen MR) is 84.9 cm³/mol. The molecule has 4 nitrogen and oxygen atoms in total. The van der Waals surface area contributed by atoms with E-state index in [0.29, 0.717) is 0 Å². The van der Waals surface area contributed by atoms with Gasteiger partial charge in [-0.2, -0.15) is 0 Å². The Labute approximate surface area is 125 Å². The minimum Gasteiger partial charge on any atom is -0.395 e. The van der Waals surface area contributed by atoms with Crippen molar-refractivity contribution in [3.05, 3.63) is 24.3 Å². The summed E-state index contributed by atoms with van der Waals surface area (Å²) in [4.78, 5) is 12.0. The minimum atomic E-state index is -0.104. The second-order valence-electron chi connectivity index (χ2n) is 5.94. The molecular formula is C15H24N2O2S. The summed E-state index contributed by atoms with van der Waals surface area (Å²) in [5, 5.41) is 12.2. The van der Waals surface area contributed by atoms with Crippen LogP contribution in [0.3, 0.4) is 0 Å². The van der Waals surface area contributed by atoms with E-state index in [1.54, 1.807) is 11.8 Å². The number of anilines is 1. The van der Waals surface area contributed by atoms with Crippen LogP contribution in [-0.4, -0.2) is 28.9 Å². The Morgan fingerprint density at radius 3 is 2.30 bits per heavy atom. The lowest BCUT2D eigenvalue weighted by molar-refractivity contribution is -0.114. The molecule has 0 fully saturated rings. The predicted octanol–water partition coefficient (Wildman–Crippen LogP) is 2.47. The summed E-state index contributed by atoms with van der Waals surface area (Å²) < 4.78 is 0. The molecule has 1 rings (SSSR count). The van der Waals surface area contributed by atoms with Crippen LogP contribution in [0.4, 0.5) is 5.69 Å². The van der Waals surface area contributed by atoms with Crippen molar-refractivity contribution in [2.75, 3.05) is 11.9 Å². The third kappa shape index (κ3) is 5.15. The molecule has 112 valence electrons. The van der Waals surface area contributed by atoms with Crippen molar-refractivity contribution in [3.8, 4) is 0 Å². The van der Waals surface area contributed by atoms with Crippen molar-refractivity contribution in [2.24, 2.45) is 11.1 Å². The summed E-state index contributed by atoms with van der Waals surface area (Å²) in [5.74, 6) is -0.0895. The highest BCUT2D eigenvalue weighted by molar-refractivity contribution is 8.00. The Morgan fingerprint density at radius 2 is 1.90 bits per heavy atom. The highest BCUT2D eigenvalue weighted by atomic mass is 32.2. The highest BCUT2D eigenvalue weighted by Gasteiger charge is 2.29. The fraction of sp³-hybridized carbons (Fsp3) is 0.533. The summed E-state index contributed by atoms with van der Waals surface area (Å²) in [7, 11) is 0. The number of hydrogen-bond donors (Lipinski definition) is 3. The van der Waals surface area contributed by atoms with Crippen LogP contribution in [0.2, 0.25) is 0 Å². The van der Waals surface area contributed by atoms with E-state index in [1.165, 1.54) is 6.92 Å². The summed E-state index contributed by atoms with van der Waals surface area (Å²) >= 11 is 1.56. The summed E-state index contributed by atoms with van der Waals surface area (Å²) in [5.41, 5.74) is 6.92. The second-order valence-corrected chi connectivity index (χ2v) is 7.25. The van der Waals surface area contributed by atoms with Crippen LogP contribution in [-0.2, 0) is 4.79 Å². The van der Waals surface area contributed by atoms with Gasteiger partial charge in [-0.1, -0.05) is 20.8 Å². The molecule has 2 atom stereocenters.